The third-order valence-corrected chi connectivity index (χ3v) is 5.20. The molecule has 0 radical (unpaired) electrons. The number of nitrogens with one attached hydrogen (secondary N) is 1. The van der Waals surface area contributed by atoms with Crippen molar-refractivity contribution in [3.63, 3.8) is 0 Å². The van der Waals surface area contributed by atoms with Crippen LogP contribution in [0.5, 0.6) is 0 Å². The Morgan fingerprint density at radius 2 is 2.08 bits per heavy atom. The summed E-state index contributed by atoms with van der Waals surface area (Å²) in [6.45, 7) is 7.15. The predicted molar refractivity (Wildman–Crippen MR) is 105 cm³/mol. The van der Waals surface area contributed by atoms with Gasteiger partial charge < -0.3 is 20.7 Å². The van der Waals surface area contributed by atoms with Gasteiger partial charge in [-0.05, 0) is 32.1 Å². The van der Waals surface area contributed by atoms with Crippen LogP contribution in [0.1, 0.15) is 38.3 Å². The van der Waals surface area contributed by atoms with Crippen molar-refractivity contribution in [2.24, 2.45) is 11.8 Å². The van der Waals surface area contributed by atoms with Gasteiger partial charge in [0.15, 0.2) is 0 Å². The van der Waals surface area contributed by atoms with E-state index in [0.29, 0.717) is 25.1 Å². The van der Waals surface area contributed by atoms with Gasteiger partial charge in [-0.1, -0.05) is 13.3 Å². The molecule has 3 heterocycles. The highest BCUT2D eigenvalue weighted by atomic mass is 35.5. The zero-order valence-electron chi connectivity index (χ0n) is 15.6. The average Bonchev–Trinajstić information content (AvgIpc) is 2.98. The van der Waals surface area contributed by atoms with Crippen LogP contribution in [0.25, 0.3) is 0 Å². The van der Waals surface area contributed by atoms with Crippen molar-refractivity contribution in [2.45, 2.75) is 45.6 Å². The quantitative estimate of drug-likeness (QED) is 0.807. The molecule has 2 saturated heterocycles. The third-order valence-electron chi connectivity index (χ3n) is 5.20. The molecule has 2 aliphatic rings. The molecule has 3 N–H and O–H groups in total. The molecule has 0 spiro atoms. The molecule has 2 fully saturated rings. The molecule has 2 atom stereocenters. The minimum absolute atomic E-state index is 0. The Labute approximate surface area is 161 Å². The van der Waals surface area contributed by atoms with E-state index in [0.717, 1.165) is 50.3 Å². The maximum absolute atomic E-state index is 12.6. The van der Waals surface area contributed by atoms with Crippen LogP contribution in [0.2, 0.25) is 0 Å². The monoisotopic (exact) mass is 383 g/mol. The number of aryl methyl sites for hydroxylation is 1. The van der Waals surface area contributed by atoms with Crippen molar-refractivity contribution in [3.05, 3.63) is 11.8 Å². The number of nitrogen functional groups attached to an aromatic ring is 1. The van der Waals surface area contributed by atoms with E-state index in [2.05, 4.69) is 27.1 Å². The Kier molecular flexibility index (Phi) is 7.46. The van der Waals surface area contributed by atoms with Crippen LogP contribution in [-0.2, 0) is 9.53 Å². The maximum Gasteiger partial charge on any atom is 0.223 e. The second kappa shape index (κ2) is 9.37. The van der Waals surface area contributed by atoms with Gasteiger partial charge in [0.25, 0.3) is 0 Å². The summed E-state index contributed by atoms with van der Waals surface area (Å²) in [5, 5.41) is 3.30. The van der Waals surface area contributed by atoms with Crippen LogP contribution in [0, 0.1) is 18.8 Å². The first-order valence-corrected chi connectivity index (χ1v) is 9.31. The van der Waals surface area contributed by atoms with Gasteiger partial charge in [-0.15, -0.1) is 12.4 Å². The normalized spacial score (nSPS) is 23.5. The molecule has 3 rings (SSSR count). The van der Waals surface area contributed by atoms with Gasteiger partial charge in [0.1, 0.15) is 5.82 Å². The Hall–Kier alpha value is -1.60. The van der Waals surface area contributed by atoms with Crippen molar-refractivity contribution >= 4 is 30.1 Å². The summed E-state index contributed by atoms with van der Waals surface area (Å²) in [5.74, 6) is 1.85. The molecule has 0 saturated carbocycles. The fourth-order valence-electron chi connectivity index (χ4n) is 3.88. The van der Waals surface area contributed by atoms with Gasteiger partial charge in [-0.3, -0.25) is 4.79 Å². The molecule has 0 bridgehead atoms. The van der Waals surface area contributed by atoms with Crippen LogP contribution in [0.4, 0.5) is 11.8 Å². The zero-order valence-corrected chi connectivity index (χ0v) is 16.4. The van der Waals surface area contributed by atoms with E-state index in [9.17, 15) is 4.79 Å². The number of hydrogen-bond donors (Lipinski definition) is 2. The summed E-state index contributed by atoms with van der Waals surface area (Å²) >= 11 is 0. The molecule has 0 aliphatic carbocycles. The summed E-state index contributed by atoms with van der Waals surface area (Å²) in [6.07, 6.45) is 3.84. The molecule has 146 valence electrons. The lowest BCUT2D eigenvalue weighted by Gasteiger charge is -2.25. The van der Waals surface area contributed by atoms with Gasteiger partial charge in [0.2, 0.25) is 11.9 Å². The lowest BCUT2D eigenvalue weighted by Crippen LogP contribution is -2.44. The largest absolute Gasteiger partial charge is 0.381 e. The fourth-order valence-corrected chi connectivity index (χ4v) is 3.88. The minimum atomic E-state index is 0. The predicted octanol–water partition coefficient (Wildman–Crippen LogP) is 1.94. The van der Waals surface area contributed by atoms with Crippen molar-refractivity contribution in [3.8, 4) is 0 Å². The second-order valence-corrected chi connectivity index (χ2v) is 7.18. The molecular formula is C18H30ClN5O2. The Morgan fingerprint density at radius 1 is 1.35 bits per heavy atom. The molecule has 8 heteroatoms. The molecule has 1 amide bonds. The van der Waals surface area contributed by atoms with E-state index < -0.39 is 0 Å². The van der Waals surface area contributed by atoms with Crippen molar-refractivity contribution < 1.29 is 9.53 Å². The lowest BCUT2D eigenvalue weighted by molar-refractivity contribution is -0.128. The lowest BCUT2D eigenvalue weighted by atomic mass is 9.95. The number of carbonyl (C=O) groups excluding carboxylic acids is 1. The van der Waals surface area contributed by atoms with E-state index in [-0.39, 0.29) is 30.3 Å². The second-order valence-electron chi connectivity index (χ2n) is 7.18. The Bertz CT molecular complexity index is 589. The number of carbonyl (C=O) groups is 1. The number of amides is 1. The van der Waals surface area contributed by atoms with E-state index >= 15 is 0 Å². The van der Waals surface area contributed by atoms with Gasteiger partial charge in [0.05, 0.1) is 6.04 Å². The number of anilines is 2. The molecule has 1 aromatic heterocycles. The van der Waals surface area contributed by atoms with Crippen LogP contribution in [-0.4, -0.2) is 48.2 Å². The van der Waals surface area contributed by atoms with Crippen LogP contribution in [0.3, 0.4) is 0 Å². The van der Waals surface area contributed by atoms with Crippen molar-refractivity contribution in [2.75, 3.05) is 36.9 Å². The Balaban J connectivity index is 0.00000243. The number of nitrogens with two attached hydrogens (primary N) is 1. The molecule has 26 heavy (non-hydrogen) atoms. The highest BCUT2D eigenvalue weighted by molar-refractivity contribution is 5.85. The summed E-state index contributed by atoms with van der Waals surface area (Å²) in [5.41, 5.74) is 6.67. The number of hydrogen-bond acceptors (Lipinski definition) is 6. The van der Waals surface area contributed by atoms with Gasteiger partial charge in [-0.25, -0.2) is 4.98 Å². The van der Waals surface area contributed by atoms with E-state index in [4.69, 9.17) is 10.5 Å². The number of ether oxygens (including phenoxy) is 1. The third kappa shape index (κ3) is 4.98. The highest BCUT2D eigenvalue weighted by Crippen LogP contribution is 2.27. The average molecular weight is 384 g/mol. The van der Waals surface area contributed by atoms with E-state index in [1.165, 1.54) is 0 Å². The number of aromatic nitrogens is 2. The molecular weight excluding hydrogens is 354 g/mol. The minimum Gasteiger partial charge on any atom is -0.381 e. The standard InChI is InChI=1S/C18H29N5O2.ClH/c1-3-4-14-10-23(16-9-12(2)20-18(19)22-16)11-15(14)21-17(24)13-5-7-25-8-6-13;/h9,13-15H,3-8,10-11H2,1-2H3,(H,21,24)(H2,19,20,22);1H/t14-,15-;/m0./s1. The summed E-state index contributed by atoms with van der Waals surface area (Å²) in [6, 6.07) is 2.12. The fraction of sp³-hybridized carbons (Fsp3) is 0.722. The molecule has 0 unspecified atom stereocenters. The number of rotatable bonds is 5. The van der Waals surface area contributed by atoms with Crippen molar-refractivity contribution in [1.82, 2.24) is 15.3 Å². The highest BCUT2D eigenvalue weighted by Gasteiger charge is 2.35. The molecule has 0 aromatic carbocycles. The van der Waals surface area contributed by atoms with Crippen LogP contribution in [0.15, 0.2) is 6.07 Å². The van der Waals surface area contributed by atoms with E-state index in [1.807, 2.05) is 13.0 Å². The van der Waals surface area contributed by atoms with Gasteiger partial charge in [-0.2, -0.15) is 4.98 Å². The summed E-state index contributed by atoms with van der Waals surface area (Å²) in [7, 11) is 0. The molecule has 7 nitrogen and oxygen atoms in total. The number of nitrogens with zero attached hydrogens (tertiary/aromatic N) is 3. The SMILES string of the molecule is CCC[C@H]1CN(c2cc(C)nc(N)n2)C[C@@H]1NC(=O)C1CCOCC1.Cl. The van der Waals surface area contributed by atoms with Gasteiger partial charge in [0, 0.05) is 44.0 Å². The summed E-state index contributed by atoms with van der Waals surface area (Å²) in [4.78, 5) is 23.4. The summed E-state index contributed by atoms with van der Waals surface area (Å²) < 4.78 is 5.36. The van der Waals surface area contributed by atoms with Crippen LogP contribution >= 0.6 is 12.4 Å². The first-order valence-electron chi connectivity index (χ1n) is 9.31. The smallest absolute Gasteiger partial charge is 0.223 e. The van der Waals surface area contributed by atoms with Crippen molar-refractivity contribution in [1.29, 1.82) is 0 Å². The zero-order chi connectivity index (χ0) is 17.8. The maximum atomic E-state index is 12.6. The van der Waals surface area contributed by atoms with Gasteiger partial charge >= 0.3 is 0 Å². The first kappa shape index (κ1) is 20.7. The van der Waals surface area contributed by atoms with E-state index in [1.54, 1.807) is 0 Å². The molecule has 1 aromatic rings. The van der Waals surface area contributed by atoms with Crippen LogP contribution < -0.4 is 16.0 Å². The first-order chi connectivity index (χ1) is 12.1. The Morgan fingerprint density at radius 3 is 2.73 bits per heavy atom. The molecule has 2 aliphatic heterocycles. The topological polar surface area (TPSA) is 93.4 Å². The number of halogens is 1.